The van der Waals surface area contributed by atoms with Gasteiger partial charge in [-0.3, -0.25) is 9.78 Å². The van der Waals surface area contributed by atoms with Crippen LogP contribution in [-0.4, -0.2) is 15.9 Å². The molecule has 3 aromatic carbocycles. The van der Waals surface area contributed by atoms with E-state index >= 15 is 0 Å². The van der Waals surface area contributed by atoms with Crippen molar-refractivity contribution in [1.29, 1.82) is 0 Å². The minimum absolute atomic E-state index is 0. The molecule has 0 aliphatic heterocycles. The Balaban J connectivity index is 0.000000196. The third kappa shape index (κ3) is 7.69. The molecule has 0 spiro atoms. The zero-order valence-electron chi connectivity index (χ0n) is 25.6. The van der Waals surface area contributed by atoms with Crippen LogP contribution in [0, 0.1) is 29.7 Å². The maximum absolute atomic E-state index is 12.2. The molecule has 2 saturated carbocycles. The number of allylic oxidation sites excluding steroid dienone is 2. The van der Waals surface area contributed by atoms with Crippen LogP contribution < -0.4 is 0 Å². The number of aliphatic hydroxyl groups is 1. The van der Waals surface area contributed by atoms with Crippen LogP contribution in [0.5, 0.6) is 0 Å². The first-order valence-electron chi connectivity index (χ1n) is 16.2. The maximum Gasteiger partial charge on any atom is 0.162 e. The minimum Gasteiger partial charge on any atom is -0.512 e. The normalized spacial score (nSPS) is 23.1. The van der Waals surface area contributed by atoms with Crippen LogP contribution in [0.4, 0.5) is 0 Å². The number of hydrogen-bond donors (Lipinski definition) is 1. The van der Waals surface area contributed by atoms with Gasteiger partial charge < -0.3 is 5.11 Å². The summed E-state index contributed by atoms with van der Waals surface area (Å²) >= 11 is 0. The molecule has 3 aliphatic rings. The fourth-order valence-electron chi connectivity index (χ4n) is 7.31. The Morgan fingerprint density at radius 3 is 2.23 bits per heavy atom. The number of nitrogens with zero attached hydrogens (tertiary/aromatic N) is 1. The van der Waals surface area contributed by atoms with Crippen molar-refractivity contribution >= 4 is 27.5 Å². The quantitative estimate of drug-likeness (QED) is 0.128. The predicted molar refractivity (Wildman–Crippen MR) is 180 cm³/mol. The molecule has 44 heavy (non-hydrogen) atoms. The van der Waals surface area contributed by atoms with Gasteiger partial charge in [0.05, 0.1) is 11.3 Å². The summed E-state index contributed by atoms with van der Waals surface area (Å²) in [6, 6.07) is 24.8. The monoisotopic (exact) mass is 767 g/mol. The van der Waals surface area contributed by atoms with Crippen molar-refractivity contribution in [3.05, 3.63) is 89.7 Å². The summed E-state index contributed by atoms with van der Waals surface area (Å²) in [4.78, 5) is 17.2. The molecule has 0 amide bonds. The second-order valence-electron chi connectivity index (χ2n) is 13.2. The van der Waals surface area contributed by atoms with Gasteiger partial charge in [0.2, 0.25) is 0 Å². The van der Waals surface area contributed by atoms with Crippen LogP contribution in [0.1, 0.15) is 90.2 Å². The number of aryl methyl sites for hydroxylation is 2. The molecule has 7 rings (SSSR count). The van der Waals surface area contributed by atoms with E-state index in [0.29, 0.717) is 5.76 Å². The number of fused-ring (bicyclic) bond motifs is 1. The Morgan fingerprint density at radius 2 is 1.50 bits per heavy atom. The molecule has 0 bridgehead atoms. The molecule has 1 N–H and O–H groups in total. The first-order valence-corrected chi connectivity index (χ1v) is 16.2. The molecule has 3 nitrogen and oxygen atoms in total. The van der Waals surface area contributed by atoms with Crippen LogP contribution in [0.3, 0.4) is 0 Å². The van der Waals surface area contributed by atoms with Gasteiger partial charge >= 0.3 is 0 Å². The van der Waals surface area contributed by atoms with Crippen molar-refractivity contribution in [2.24, 2.45) is 23.7 Å². The first-order chi connectivity index (χ1) is 20.5. The molecule has 4 heteroatoms. The standard InChI is InChI=1S/C22H16N.C17H28O2.CH4.Ir/c1-2-11-18-15(6-1)7-4-12-19(18)21-14-17-10-3-8-16-9-5-13-20(23-21)22(16)17;1-12-3-7-14(8-4-12)16(18)11-17(19)15-9-5-13(2)6-10-15;;/h1-2,4-7,9,11,13-14H,3,8,10H2;11-15,18H,3-10H2,1-2H3;1H4;/q-1;;;. The molecule has 1 radical (unpaired) electrons. The molecular formula is C40H48IrNO2-. The van der Waals surface area contributed by atoms with Gasteiger partial charge in [-0.1, -0.05) is 94.8 Å². The summed E-state index contributed by atoms with van der Waals surface area (Å²) in [6.45, 7) is 4.53. The first kappa shape index (κ1) is 34.1. The van der Waals surface area contributed by atoms with Crippen molar-refractivity contribution in [1.82, 2.24) is 4.98 Å². The number of pyridine rings is 1. The molecule has 4 aromatic rings. The smallest absolute Gasteiger partial charge is 0.162 e. The van der Waals surface area contributed by atoms with Crippen molar-refractivity contribution in [3.63, 3.8) is 0 Å². The summed E-state index contributed by atoms with van der Waals surface area (Å²) < 4.78 is 0. The molecule has 2 fully saturated rings. The van der Waals surface area contributed by atoms with E-state index in [1.165, 1.54) is 53.0 Å². The molecule has 1 heterocycles. The molecule has 1 aromatic heterocycles. The van der Waals surface area contributed by atoms with Crippen LogP contribution in [0.15, 0.2) is 72.5 Å². The molecular weight excluding hydrogens is 719 g/mol. The number of rotatable bonds is 4. The van der Waals surface area contributed by atoms with E-state index in [4.69, 9.17) is 4.98 Å². The van der Waals surface area contributed by atoms with E-state index in [2.05, 4.69) is 74.5 Å². The van der Waals surface area contributed by atoms with Gasteiger partial charge in [-0.05, 0) is 79.7 Å². The van der Waals surface area contributed by atoms with E-state index in [0.717, 1.165) is 73.6 Å². The third-order valence-electron chi connectivity index (χ3n) is 10.0. The minimum atomic E-state index is 0. The fraction of sp³-hybridized carbons (Fsp3) is 0.450. The summed E-state index contributed by atoms with van der Waals surface area (Å²) in [7, 11) is 0. The largest absolute Gasteiger partial charge is 0.512 e. The number of carbonyl (C=O) groups is 1. The summed E-state index contributed by atoms with van der Waals surface area (Å²) in [5.41, 5.74) is 6.16. The number of carbonyl (C=O) groups excluding carboxylic acids is 1. The van der Waals surface area contributed by atoms with E-state index in [1.54, 1.807) is 6.08 Å². The average Bonchev–Trinajstić information content (AvgIpc) is 3.02. The van der Waals surface area contributed by atoms with Crippen molar-refractivity contribution in [2.45, 2.75) is 91.9 Å². The average molecular weight is 767 g/mol. The number of aliphatic hydroxyl groups excluding tert-OH is 1. The van der Waals surface area contributed by atoms with E-state index in [9.17, 15) is 9.90 Å². The number of ketones is 1. The SMILES string of the molecule is C.CC1CCC(C(=O)C=C(O)C2CCC(C)CC2)CC1.[Ir].[c-]1ccc2ccccc2c1-c1cc2c3c(cccc3n1)CCC2. The zero-order valence-corrected chi connectivity index (χ0v) is 28.0. The Hall–Kier alpha value is -2.81. The van der Waals surface area contributed by atoms with Gasteiger partial charge in [0.25, 0.3) is 0 Å². The summed E-state index contributed by atoms with van der Waals surface area (Å²) in [5.74, 6) is 2.48. The summed E-state index contributed by atoms with van der Waals surface area (Å²) in [5, 5.41) is 14.0. The number of aromatic nitrogens is 1. The second kappa shape index (κ2) is 15.5. The van der Waals surface area contributed by atoms with Gasteiger partial charge in [0.15, 0.2) is 5.78 Å². The van der Waals surface area contributed by atoms with Crippen molar-refractivity contribution < 1.29 is 30.0 Å². The van der Waals surface area contributed by atoms with Crippen LogP contribution in [-0.2, 0) is 37.7 Å². The van der Waals surface area contributed by atoms with Gasteiger partial charge in [0, 0.05) is 43.4 Å². The number of hydrogen-bond acceptors (Lipinski definition) is 3. The molecule has 0 unspecified atom stereocenters. The van der Waals surface area contributed by atoms with E-state index < -0.39 is 0 Å². The van der Waals surface area contributed by atoms with Crippen LogP contribution in [0.25, 0.3) is 32.9 Å². The maximum atomic E-state index is 12.2. The fourth-order valence-corrected chi connectivity index (χ4v) is 7.31. The molecule has 0 atom stereocenters. The van der Waals surface area contributed by atoms with Crippen LogP contribution in [0.2, 0.25) is 0 Å². The predicted octanol–water partition coefficient (Wildman–Crippen LogP) is 10.6. The van der Waals surface area contributed by atoms with Gasteiger partial charge in [0.1, 0.15) is 0 Å². The van der Waals surface area contributed by atoms with Gasteiger partial charge in [-0.15, -0.1) is 29.1 Å². The molecule has 235 valence electrons. The molecule has 0 saturated heterocycles. The molecule has 3 aliphatic carbocycles. The Labute approximate surface area is 277 Å². The van der Waals surface area contributed by atoms with Gasteiger partial charge in [-0.2, -0.15) is 0 Å². The second-order valence-corrected chi connectivity index (χ2v) is 13.2. The Bertz CT molecular complexity index is 1590. The van der Waals surface area contributed by atoms with Gasteiger partial charge in [-0.25, -0.2) is 0 Å². The Kier molecular flexibility index (Phi) is 12.0. The van der Waals surface area contributed by atoms with Crippen LogP contribution >= 0.6 is 0 Å². The Morgan fingerprint density at radius 1 is 0.841 bits per heavy atom. The topological polar surface area (TPSA) is 50.2 Å². The van der Waals surface area contributed by atoms with E-state index in [-0.39, 0.29) is 45.2 Å². The van der Waals surface area contributed by atoms with Crippen molar-refractivity contribution in [2.75, 3.05) is 0 Å². The third-order valence-corrected chi connectivity index (χ3v) is 10.0. The number of benzene rings is 3. The summed E-state index contributed by atoms with van der Waals surface area (Å²) in [6.07, 6.45) is 13.9. The zero-order chi connectivity index (χ0) is 29.1. The van der Waals surface area contributed by atoms with Crippen molar-refractivity contribution in [3.8, 4) is 11.3 Å². The van der Waals surface area contributed by atoms with E-state index in [1.807, 2.05) is 6.07 Å².